The summed E-state index contributed by atoms with van der Waals surface area (Å²) in [5.74, 6) is -0.315. The van der Waals surface area contributed by atoms with E-state index in [4.69, 9.17) is 33.7 Å². The van der Waals surface area contributed by atoms with E-state index >= 15 is 0 Å². The number of amides is 1. The Morgan fingerprint density at radius 3 is 2.48 bits per heavy atom. The minimum Gasteiger partial charge on any atom is -0.493 e. The Bertz CT molecular complexity index is 1040. The molecule has 1 fully saturated rings. The largest absolute Gasteiger partial charge is 0.493 e. The molecule has 0 spiro atoms. The Morgan fingerprint density at radius 1 is 1.31 bits per heavy atom. The number of carbonyl (C=O) groups is 2. The van der Waals surface area contributed by atoms with Gasteiger partial charge < -0.3 is 10.5 Å². The van der Waals surface area contributed by atoms with Crippen LogP contribution in [0.5, 0.6) is 5.75 Å². The lowest BCUT2D eigenvalue weighted by atomic mass is 10.1. The second kappa shape index (κ2) is 8.34. The predicted molar refractivity (Wildman–Crippen MR) is 110 cm³/mol. The van der Waals surface area contributed by atoms with Crippen LogP contribution in [-0.4, -0.2) is 41.7 Å². The van der Waals surface area contributed by atoms with E-state index in [0.717, 1.165) is 0 Å². The average molecular weight is 436 g/mol. The van der Waals surface area contributed by atoms with Crippen LogP contribution in [-0.2, 0) is 11.2 Å². The molecule has 2 aromatic heterocycles. The van der Waals surface area contributed by atoms with Crippen molar-refractivity contribution >= 4 is 41.6 Å². The van der Waals surface area contributed by atoms with Gasteiger partial charge in [0, 0.05) is 31.1 Å². The molecule has 1 saturated carbocycles. The van der Waals surface area contributed by atoms with Gasteiger partial charge in [-0.25, -0.2) is 4.68 Å². The van der Waals surface area contributed by atoms with E-state index in [9.17, 15) is 9.59 Å². The quantitative estimate of drug-likeness (QED) is 0.505. The number of pyridine rings is 2. The molecule has 152 valence electrons. The zero-order chi connectivity index (χ0) is 21.2. The normalized spacial score (nSPS) is 15.1. The summed E-state index contributed by atoms with van der Waals surface area (Å²) in [5.41, 5.74) is 5.77. The number of primary amides is 1. The van der Waals surface area contributed by atoms with E-state index in [0.29, 0.717) is 34.2 Å². The van der Waals surface area contributed by atoms with Gasteiger partial charge in [-0.05, 0) is 25.0 Å². The van der Waals surface area contributed by atoms with Crippen molar-refractivity contribution in [3.05, 3.63) is 51.3 Å². The highest BCUT2D eigenvalue weighted by Crippen LogP contribution is 2.45. The number of halogens is 2. The van der Waals surface area contributed by atoms with Gasteiger partial charge in [0.1, 0.15) is 5.69 Å². The number of hydrogen-bond acceptors (Lipinski definition) is 6. The second-order valence-corrected chi connectivity index (χ2v) is 7.52. The van der Waals surface area contributed by atoms with Crippen LogP contribution < -0.4 is 16.0 Å². The van der Waals surface area contributed by atoms with Crippen LogP contribution in [0, 0.1) is 5.41 Å². The number of rotatable bonds is 8. The van der Waals surface area contributed by atoms with Crippen LogP contribution >= 0.6 is 23.2 Å². The first kappa shape index (κ1) is 21.0. The molecule has 8 nitrogen and oxygen atoms in total. The molecule has 0 aliphatic heterocycles. The summed E-state index contributed by atoms with van der Waals surface area (Å²) in [6, 6.07) is 3.16. The van der Waals surface area contributed by atoms with Crippen molar-refractivity contribution < 1.29 is 14.3 Å². The van der Waals surface area contributed by atoms with Crippen LogP contribution in [0.4, 0.5) is 0 Å². The van der Waals surface area contributed by atoms with E-state index in [2.05, 4.69) is 21.8 Å². The first-order valence-corrected chi connectivity index (χ1v) is 9.47. The van der Waals surface area contributed by atoms with Gasteiger partial charge >= 0.3 is 0 Å². The first-order valence-electron chi connectivity index (χ1n) is 8.71. The lowest BCUT2D eigenvalue weighted by molar-refractivity contribution is -0.122. The number of ether oxygens (including phenoxy) is 1. The highest BCUT2D eigenvalue weighted by molar-refractivity contribution is 6.36. The number of nitrogens with two attached hydrogens (primary N) is 1. The van der Waals surface area contributed by atoms with Gasteiger partial charge in [-0.2, -0.15) is 5.10 Å². The maximum atomic E-state index is 13.0. The first-order chi connectivity index (χ1) is 13.8. The van der Waals surface area contributed by atoms with Gasteiger partial charge in [-0.3, -0.25) is 19.6 Å². The van der Waals surface area contributed by atoms with Gasteiger partial charge in [0.05, 0.1) is 29.1 Å². The number of hydrogen-bond donors (Lipinski definition) is 1. The van der Waals surface area contributed by atoms with Gasteiger partial charge in [0.15, 0.2) is 17.0 Å². The van der Waals surface area contributed by atoms with Crippen LogP contribution in [0.2, 0.25) is 10.0 Å². The number of carbonyl (C=O) groups excluding carboxylic acids is 2. The van der Waals surface area contributed by atoms with Gasteiger partial charge in [0.25, 0.3) is 0 Å². The molecule has 0 atom stereocenters. The summed E-state index contributed by atoms with van der Waals surface area (Å²) in [7, 11) is 1.47. The Morgan fingerprint density at radius 2 is 1.97 bits per heavy atom. The Labute approximate surface area is 177 Å². The number of ketones is 1. The van der Waals surface area contributed by atoms with Crippen molar-refractivity contribution in [2.45, 2.75) is 19.3 Å². The third-order valence-corrected chi connectivity index (χ3v) is 5.54. The van der Waals surface area contributed by atoms with Crippen molar-refractivity contribution in [3.63, 3.8) is 0 Å². The van der Waals surface area contributed by atoms with Crippen molar-refractivity contribution in [2.24, 2.45) is 21.2 Å². The third-order valence-electron chi connectivity index (χ3n) is 4.89. The molecule has 2 heterocycles. The fourth-order valence-corrected chi connectivity index (χ4v) is 3.39. The Balaban J connectivity index is 2.03. The molecule has 10 heteroatoms. The number of aromatic nitrogens is 2. The number of nitrogens with zero attached hydrogens (tertiary/aromatic N) is 4. The summed E-state index contributed by atoms with van der Waals surface area (Å²) in [6.45, 7) is 3.71. The molecular formula is C19H19Cl2N5O3. The van der Waals surface area contributed by atoms with E-state index in [1.165, 1.54) is 24.2 Å². The summed E-state index contributed by atoms with van der Waals surface area (Å²) >= 11 is 12.3. The topological polar surface area (TPSA) is 112 Å². The average Bonchev–Trinajstić information content (AvgIpc) is 3.49. The highest BCUT2D eigenvalue weighted by Gasteiger charge is 2.48. The van der Waals surface area contributed by atoms with Crippen LogP contribution in [0.1, 0.15) is 28.9 Å². The van der Waals surface area contributed by atoms with Crippen LogP contribution in [0.15, 0.2) is 34.6 Å². The molecule has 0 bridgehead atoms. The molecule has 29 heavy (non-hydrogen) atoms. The molecule has 2 aromatic rings. The van der Waals surface area contributed by atoms with Crippen molar-refractivity contribution in [3.8, 4) is 5.75 Å². The fraction of sp³-hybridized carbons (Fsp3) is 0.316. The lowest BCUT2D eigenvalue weighted by Crippen LogP contribution is -2.30. The minimum atomic E-state index is -0.651. The SMILES string of the molecule is C=Nn1c(C(=O)Cc2c(Cl)cncc2Cl)ccc(OC)c1=NCC1(C(N)=O)CC1. The monoisotopic (exact) mass is 435 g/mol. The van der Waals surface area contributed by atoms with E-state index in [-0.39, 0.29) is 29.9 Å². The maximum Gasteiger partial charge on any atom is 0.225 e. The molecule has 0 aromatic carbocycles. The zero-order valence-corrected chi connectivity index (χ0v) is 17.2. The highest BCUT2D eigenvalue weighted by atomic mass is 35.5. The van der Waals surface area contributed by atoms with Gasteiger partial charge in [0.2, 0.25) is 5.91 Å². The molecule has 0 radical (unpaired) electrons. The molecule has 2 N–H and O–H groups in total. The van der Waals surface area contributed by atoms with Crippen molar-refractivity contribution in [2.75, 3.05) is 13.7 Å². The standard InChI is InChI=1S/C19H19Cl2N5O3/c1-23-26-14(15(27)7-11-12(20)8-24-9-13(11)21)3-4-16(29-2)17(26)25-10-19(5-6-19)18(22)28/h3-4,8-9H,1,5-7,10H2,2H3,(H2,22,28). The summed E-state index contributed by atoms with van der Waals surface area (Å²) in [6.07, 6.45) is 4.13. The summed E-state index contributed by atoms with van der Waals surface area (Å²) in [4.78, 5) is 33.0. The van der Waals surface area contributed by atoms with Crippen LogP contribution in [0.25, 0.3) is 0 Å². The lowest BCUT2D eigenvalue weighted by Gasteiger charge is -2.13. The van der Waals surface area contributed by atoms with Crippen molar-refractivity contribution in [1.29, 1.82) is 0 Å². The van der Waals surface area contributed by atoms with E-state index in [1.54, 1.807) is 12.1 Å². The van der Waals surface area contributed by atoms with E-state index < -0.39 is 11.3 Å². The fourth-order valence-electron chi connectivity index (χ4n) is 2.89. The van der Waals surface area contributed by atoms with Crippen molar-refractivity contribution in [1.82, 2.24) is 9.66 Å². The molecule has 1 aliphatic carbocycles. The zero-order valence-electron chi connectivity index (χ0n) is 15.7. The molecule has 1 amide bonds. The van der Waals surface area contributed by atoms with Gasteiger partial charge in [-0.15, -0.1) is 0 Å². The second-order valence-electron chi connectivity index (χ2n) is 6.71. The van der Waals surface area contributed by atoms with E-state index in [1.807, 2.05) is 0 Å². The number of methoxy groups -OCH3 is 1. The Hall–Kier alpha value is -2.71. The smallest absolute Gasteiger partial charge is 0.225 e. The minimum absolute atomic E-state index is 0.0628. The molecule has 0 saturated heterocycles. The molecular weight excluding hydrogens is 417 g/mol. The summed E-state index contributed by atoms with van der Waals surface area (Å²) < 4.78 is 6.62. The molecule has 3 rings (SSSR count). The predicted octanol–water partition coefficient (Wildman–Crippen LogP) is 2.25. The van der Waals surface area contributed by atoms with Gasteiger partial charge in [-0.1, -0.05) is 23.2 Å². The summed E-state index contributed by atoms with van der Waals surface area (Å²) in [5, 5.41) is 4.51. The molecule has 1 aliphatic rings. The maximum absolute atomic E-state index is 13.0. The number of Topliss-reactive ketones (excluding diaryl/α,β-unsaturated/α-hetero) is 1. The third kappa shape index (κ3) is 4.18. The van der Waals surface area contributed by atoms with Crippen LogP contribution in [0.3, 0.4) is 0 Å². The molecule has 0 unspecified atom stereocenters. The Kier molecular flexibility index (Phi) is 6.04.